The molecule has 0 unspecified atom stereocenters. The molecule has 0 atom stereocenters. The first-order chi connectivity index (χ1) is 23.2. The summed E-state index contributed by atoms with van der Waals surface area (Å²) in [5.41, 5.74) is 6.58. The van der Waals surface area contributed by atoms with Gasteiger partial charge < -0.3 is 14.4 Å². The molecule has 0 N–H and O–H groups in total. The Hall–Kier alpha value is -4.22. The summed E-state index contributed by atoms with van der Waals surface area (Å²) in [6.07, 6.45) is 2.12. The molecule has 7 rings (SSSR count). The normalized spacial score (nSPS) is 12.5. The van der Waals surface area contributed by atoms with Crippen molar-refractivity contribution in [2.45, 2.75) is 46.8 Å². The topological polar surface area (TPSA) is 38.9 Å². The van der Waals surface area contributed by atoms with Gasteiger partial charge in [-0.2, -0.15) is 0 Å². The molecule has 3 nitrogen and oxygen atoms in total. The van der Waals surface area contributed by atoms with E-state index in [0.29, 0.717) is 28.0 Å². The fourth-order valence-electron chi connectivity index (χ4n) is 5.38. The van der Waals surface area contributed by atoms with Gasteiger partial charge in [0.2, 0.25) is 0 Å². The smallest absolute Gasteiger partial charge is 0.123 e. The van der Waals surface area contributed by atoms with Gasteiger partial charge in [0.05, 0.1) is 13.7 Å². The van der Waals surface area contributed by atoms with Crippen LogP contribution in [0.15, 0.2) is 120 Å². The van der Waals surface area contributed by atoms with Gasteiger partial charge in [0.25, 0.3) is 0 Å². The Bertz CT molecular complexity index is 2220. The van der Waals surface area contributed by atoms with Crippen molar-refractivity contribution in [2.75, 3.05) is 0 Å². The third-order valence-electron chi connectivity index (χ3n) is 7.76. The maximum atomic E-state index is 13.3. The molecule has 0 saturated heterocycles. The number of aromatic nitrogens is 2. The van der Waals surface area contributed by atoms with Crippen molar-refractivity contribution in [2.24, 2.45) is 5.41 Å². The van der Waals surface area contributed by atoms with Gasteiger partial charge in [-0.1, -0.05) is 99.4 Å². The Morgan fingerprint density at radius 1 is 0.792 bits per heavy atom. The quantitative estimate of drug-likeness (QED) is 0.128. The second kappa shape index (κ2) is 14.5. The van der Waals surface area contributed by atoms with Gasteiger partial charge >= 0.3 is 0 Å². The van der Waals surface area contributed by atoms with E-state index in [4.69, 9.17) is 7.16 Å². The predicted octanol–water partition coefficient (Wildman–Crippen LogP) is 10.9. The number of benzene rings is 4. The number of halogens is 1. The zero-order valence-corrected chi connectivity index (χ0v) is 31.4. The van der Waals surface area contributed by atoms with Crippen molar-refractivity contribution in [3.63, 3.8) is 0 Å². The zero-order chi connectivity index (χ0) is 35.0. The largest absolute Gasteiger partial charge is 0.501 e. The molecule has 3 aromatic heterocycles. The average molecular weight is 829 g/mol. The van der Waals surface area contributed by atoms with Crippen LogP contribution in [0.25, 0.3) is 55.6 Å². The third kappa shape index (κ3) is 8.25. The number of hydrogen-bond acceptors (Lipinski definition) is 3. The van der Waals surface area contributed by atoms with Crippen LogP contribution in [0, 0.1) is 23.4 Å². The molecule has 0 fully saturated rings. The molecule has 0 spiro atoms. The van der Waals surface area contributed by atoms with Crippen LogP contribution in [0.5, 0.6) is 0 Å². The summed E-state index contributed by atoms with van der Waals surface area (Å²) in [4.78, 5) is 9.02. The van der Waals surface area contributed by atoms with Crippen molar-refractivity contribution in [3.05, 3.63) is 139 Å². The van der Waals surface area contributed by atoms with E-state index in [-0.39, 0.29) is 25.9 Å². The average Bonchev–Trinajstić information content (AvgIpc) is 3.47. The van der Waals surface area contributed by atoms with E-state index in [1.807, 2.05) is 81.6 Å². The monoisotopic (exact) mass is 829 g/mol. The maximum Gasteiger partial charge on any atom is 0.123 e. The van der Waals surface area contributed by atoms with Crippen LogP contribution in [0.2, 0.25) is 19.6 Å². The summed E-state index contributed by atoms with van der Waals surface area (Å²) < 4.78 is 36.9. The Morgan fingerprint density at radius 3 is 2.23 bits per heavy atom. The van der Waals surface area contributed by atoms with Crippen molar-refractivity contribution in [3.8, 4) is 33.6 Å². The minimum absolute atomic E-state index is 0. The van der Waals surface area contributed by atoms with Crippen LogP contribution in [0.4, 0.5) is 4.39 Å². The molecular weight excluding hydrogens is 788 g/mol. The molecule has 0 saturated carbocycles. The number of hydrogen-bond donors (Lipinski definition) is 0. The maximum absolute atomic E-state index is 13.3. The second-order valence-electron chi connectivity index (χ2n) is 13.7. The SMILES string of the molecule is C[Si](C)(C)c1ccc(-c2[c-]cccc2)nc1.[2H]C([2H])(c1ccnc(-c2[c-]ccc3c2oc2cc(-c4ccc(F)cc4)ccc23)c1)C(C)(C)C.[Ir]. The summed E-state index contributed by atoms with van der Waals surface area (Å²) >= 11 is 0. The zero-order valence-electron chi connectivity index (χ0n) is 30.0. The van der Waals surface area contributed by atoms with Gasteiger partial charge in [-0.05, 0) is 63.8 Å². The summed E-state index contributed by atoms with van der Waals surface area (Å²) in [6.45, 7) is 12.7. The van der Waals surface area contributed by atoms with E-state index < -0.39 is 19.9 Å². The Morgan fingerprint density at radius 2 is 1.56 bits per heavy atom. The fraction of sp³-hybridized carbons (Fsp3) is 0.190. The minimum atomic E-state index is -1.53. The van der Waals surface area contributed by atoms with Gasteiger partial charge in [0, 0.05) is 40.6 Å². The first-order valence-electron chi connectivity index (χ1n) is 16.8. The molecule has 7 aromatic rings. The number of pyridine rings is 2. The van der Waals surface area contributed by atoms with Crippen molar-refractivity contribution in [1.29, 1.82) is 0 Å². The summed E-state index contributed by atoms with van der Waals surface area (Å²) in [5.74, 6) is -0.269. The standard InChI is InChI=1S/C28H23FNO.C14H16NSi.Ir/c1-28(2,3)17-18-13-14-30-25(15-18)24-6-4-5-23-22-12-9-20(16-26(22)31-27(23)24)19-7-10-21(29)11-8-19;1-16(2,3)13-9-10-14(15-11-13)12-7-5-4-6-8-12;/h4-5,7-16H,17H2,1-3H3;4-7,9-11H,1-3H3;/q2*-1;/i17D2;;. The van der Waals surface area contributed by atoms with Crippen LogP contribution < -0.4 is 5.19 Å². The Balaban J connectivity index is 0.000000241. The van der Waals surface area contributed by atoms with E-state index in [9.17, 15) is 4.39 Å². The summed E-state index contributed by atoms with van der Waals surface area (Å²) in [6, 6.07) is 38.3. The van der Waals surface area contributed by atoms with E-state index in [2.05, 4.69) is 53.9 Å². The first-order valence-corrected chi connectivity index (χ1v) is 19.3. The third-order valence-corrected chi connectivity index (χ3v) is 9.79. The summed E-state index contributed by atoms with van der Waals surface area (Å²) in [7, 11) is -1.23. The van der Waals surface area contributed by atoms with Gasteiger partial charge in [0.15, 0.2) is 0 Å². The van der Waals surface area contributed by atoms with E-state index >= 15 is 0 Å². The molecule has 0 amide bonds. The van der Waals surface area contributed by atoms with E-state index in [0.717, 1.165) is 33.2 Å². The number of fused-ring (bicyclic) bond motifs is 3. The van der Waals surface area contributed by atoms with E-state index in [1.54, 1.807) is 30.5 Å². The number of furan rings is 1. The van der Waals surface area contributed by atoms with Crippen LogP contribution in [0.3, 0.4) is 0 Å². The molecule has 48 heavy (non-hydrogen) atoms. The molecular formula is C42H39FIrN2OSi-2. The second-order valence-corrected chi connectivity index (χ2v) is 18.8. The van der Waals surface area contributed by atoms with Crippen LogP contribution in [-0.4, -0.2) is 18.0 Å². The molecule has 0 aliphatic carbocycles. The molecule has 3 heterocycles. The molecule has 1 radical (unpaired) electrons. The van der Waals surface area contributed by atoms with Gasteiger partial charge in [-0.3, -0.25) is 0 Å². The predicted molar refractivity (Wildman–Crippen MR) is 196 cm³/mol. The molecule has 0 bridgehead atoms. The van der Waals surface area contributed by atoms with Gasteiger partial charge in [-0.25, -0.2) is 4.39 Å². The Kier molecular flexibility index (Phi) is 9.76. The van der Waals surface area contributed by atoms with Crippen molar-refractivity contribution >= 4 is 35.2 Å². The molecule has 245 valence electrons. The Labute approximate surface area is 300 Å². The van der Waals surface area contributed by atoms with Gasteiger partial charge in [-0.15, -0.1) is 54.1 Å². The fourth-order valence-corrected chi connectivity index (χ4v) is 6.42. The van der Waals surface area contributed by atoms with E-state index in [1.165, 1.54) is 17.3 Å². The van der Waals surface area contributed by atoms with Crippen LogP contribution >= 0.6 is 0 Å². The van der Waals surface area contributed by atoms with Crippen molar-refractivity contribution in [1.82, 2.24) is 9.97 Å². The number of nitrogens with zero attached hydrogens (tertiary/aromatic N) is 2. The first kappa shape index (κ1) is 32.3. The van der Waals surface area contributed by atoms with Crippen LogP contribution in [0.1, 0.15) is 29.1 Å². The van der Waals surface area contributed by atoms with Crippen LogP contribution in [-0.2, 0) is 26.5 Å². The summed E-state index contributed by atoms with van der Waals surface area (Å²) in [5, 5.41) is 3.30. The molecule has 0 aliphatic rings. The molecule has 4 aromatic carbocycles. The number of rotatable bonds is 5. The van der Waals surface area contributed by atoms with Gasteiger partial charge in [0.1, 0.15) is 11.4 Å². The molecule has 0 aliphatic heterocycles. The van der Waals surface area contributed by atoms with Crippen molar-refractivity contribution < 1.29 is 31.7 Å². The minimum Gasteiger partial charge on any atom is -0.501 e. The molecule has 6 heteroatoms.